The first-order valence-electron chi connectivity index (χ1n) is 5.89. The van der Waals surface area contributed by atoms with Gasteiger partial charge in [-0.05, 0) is 18.2 Å². The molecule has 0 saturated carbocycles. The number of nitrogens with one attached hydrogen (secondary N) is 1. The number of aromatic nitrogens is 2. The molecule has 0 unspecified atom stereocenters. The largest absolute Gasteiger partial charge is 0.340 e. The summed E-state index contributed by atoms with van der Waals surface area (Å²) in [7, 11) is 1.67. The highest BCUT2D eigenvalue weighted by Gasteiger charge is 2.28. The fourth-order valence-corrected chi connectivity index (χ4v) is 2.24. The number of halogens is 2. The molecule has 3 rings (SSSR count). The zero-order chi connectivity index (χ0) is 14.3. The molecule has 1 aliphatic heterocycles. The van der Waals surface area contributed by atoms with E-state index in [4.69, 9.17) is 11.6 Å². The van der Waals surface area contributed by atoms with E-state index in [1.807, 2.05) is 0 Å². The second kappa shape index (κ2) is 4.72. The van der Waals surface area contributed by atoms with Gasteiger partial charge in [0.2, 0.25) is 5.91 Å². The van der Waals surface area contributed by atoms with Crippen molar-refractivity contribution >= 4 is 34.8 Å². The molecule has 0 atom stereocenters. The van der Waals surface area contributed by atoms with Crippen LogP contribution in [0.25, 0.3) is 0 Å². The van der Waals surface area contributed by atoms with Crippen LogP contribution < -0.4 is 10.2 Å². The molecule has 2 aromatic rings. The van der Waals surface area contributed by atoms with Crippen molar-refractivity contribution in [2.24, 2.45) is 0 Å². The first-order valence-corrected chi connectivity index (χ1v) is 6.26. The molecule has 1 aliphatic rings. The standard InChI is InChI=1S/C13H10ClFN4O/c1-19-11(20)5-8-12(16-6-17-13(8)19)18-7-2-3-10(15)9(14)4-7/h2-4,6H,5H2,1H3,(H,16,17,18). The van der Waals surface area contributed by atoms with Crippen LogP contribution in [0.15, 0.2) is 24.5 Å². The van der Waals surface area contributed by atoms with Gasteiger partial charge in [0.25, 0.3) is 0 Å². The molecule has 7 heteroatoms. The SMILES string of the molecule is CN1C(=O)Cc2c(Nc3ccc(F)c(Cl)c3)ncnc21. The number of likely N-dealkylation sites (N-methyl/N-ethyl adjacent to an activating group) is 1. The van der Waals surface area contributed by atoms with Crippen LogP contribution >= 0.6 is 11.6 Å². The van der Waals surface area contributed by atoms with E-state index in [0.717, 1.165) is 5.56 Å². The van der Waals surface area contributed by atoms with Gasteiger partial charge in [0, 0.05) is 18.3 Å². The lowest BCUT2D eigenvalue weighted by Crippen LogP contribution is -2.21. The van der Waals surface area contributed by atoms with E-state index >= 15 is 0 Å². The average molecular weight is 293 g/mol. The Morgan fingerprint density at radius 1 is 1.40 bits per heavy atom. The van der Waals surface area contributed by atoms with Gasteiger partial charge in [0.1, 0.15) is 23.8 Å². The van der Waals surface area contributed by atoms with Gasteiger partial charge in [-0.15, -0.1) is 0 Å². The van der Waals surface area contributed by atoms with Crippen LogP contribution in [-0.2, 0) is 11.2 Å². The van der Waals surface area contributed by atoms with Gasteiger partial charge >= 0.3 is 0 Å². The Hall–Kier alpha value is -2.21. The summed E-state index contributed by atoms with van der Waals surface area (Å²) in [5.41, 5.74) is 1.32. The predicted molar refractivity (Wildman–Crippen MR) is 73.8 cm³/mol. The van der Waals surface area contributed by atoms with Crippen molar-refractivity contribution in [1.29, 1.82) is 0 Å². The molecular weight excluding hydrogens is 283 g/mol. The fraction of sp³-hybridized carbons (Fsp3) is 0.154. The van der Waals surface area contributed by atoms with Crippen LogP contribution in [0.5, 0.6) is 0 Å². The lowest BCUT2D eigenvalue weighted by molar-refractivity contribution is -0.117. The van der Waals surface area contributed by atoms with E-state index in [1.165, 1.54) is 23.4 Å². The van der Waals surface area contributed by atoms with E-state index in [9.17, 15) is 9.18 Å². The third-order valence-electron chi connectivity index (χ3n) is 3.12. The summed E-state index contributed by atoms with van der Waals surface area (Å²) in [6, 6.07) is 4.28. The Labute approximate surface area is 119 Å². The van der Waals surface area contributed by atoms with Crippen LogP contribution in [0.3, 0.4) is 0 Å². The minimum Gasteiger partial charge on any atom is -0.340 e. The van der Waals surface area contributed by atoms with E-state index in [-0.39, 0.29) is 17.4 Å². The lowest BCUT2D eigenvalue weighted by atomic mass is 10.2. The molecule has 1 aromatic heterocycles. The summed E-state index contributed by atoms with van der Waals surface area (Å²) in [5.74, 6) is 0.580. The number of hydrogen-bond donors (Lipinski definition) is 1. The van der Waals surface area contributed by atoms with E-state index < -0.39 is 5.82 Å². The summed E-state index contributed by atoms with van der Waals surface area (Å²) in [4.78, 5) is 21.4. The molecule has 0 bridgehead atoms. The van der Waals surface area contributed by atoms with Crippen LogP contribution in [-0.4, -0.2) is 22.9 Å². The molecule has 2 heterocycles. The molecular formula is C13H10ClFN4O. The highest BCUT2D eigenvalue weighted by atomic mass is 35.5. The molecule has 0 radical (unpaired) electrons. The van der Waals surface area contributed by atoms with Gasteiger partial charge in [0.15, 0.2) is 0 Å². The number of anilines is 3. The molecule has 1 amide bonds. The Bertz CT molecular complexity index is 707. The lowest BCUT2D eigenvalue weighted by Gasteiger charge is -2.11. The molecule has 1 N–H and O–H groups in total. The van der Waals surface area contributed by atoms with Crippen molar-refractivity contribution in [3.05, 3.63) is 40.9 Å². The summed E-state index contributed by atoms with van der Waals surface area (Å²) in [6.45, 7) is 0. The third kappa shape index (κ3) is 2.08. The molecule has 102 valence electrons. The Balaban J connectivity index is 1.96. The zero-order valence-corrected chi connectivity index (χ0v) is 11.3. The van der Waals surface area contributed by atoms with Gasteiger partial charge < -0.3 is 5.32 Å². The van der Waals surface area contributed by atoms with Crippen molar-refractivity contribution < 1.29 is 9.18 Å². The van der Waals surface area contributed by atoms with Gasteiger partial charge in [0.05, 0.1) is 11.4 Å². The summed E-state index contributed by atoms with van der Waals surface area (Å²) < 4.78 is 13.1. The van der Waals surface area contributed by atoms with Crippen molar-refractivity contribution in [3.8, 4) is 0 Å². The van der Waals surface area contributed by atoms with Crippen LogP contribution in [0.1, 0.15) is 5.56 Å². The fourth-order valence-electron chi connectivity index (χ4n) is 2.06. The maximum atomic E-state index is 13.1. The smallest absolute Gasteiger partial charge is 0.232 e. The first-order chi connectivity index (χ1) is 9.56. The topological polar surface area (TPSA) is 58.1 Å². The molecule has 20 heavy (non-hydrogen) atoms. The molecule has 1 aromatic carbocycles. The van der Waals surface area contributed by atoms with Crippen LogP contribution in [0, 0.1) is 5.82 Å². The van der Waals surface area contributed by atoms with Gasteiger partial charge in [-0.3, -0.25) is 9.69 Å². The third-order valence-corrected chi connectivity index (χ3v) is 3.41. The first kappa shape index (κ1) is 12.8. The summed E-state index contributed by atoms with van der Waals surface area (Å²) >= 11 is 5.73. The quantitative estimate of drug-likeness (QED) is 0.924. The van der Waals surface area contributed by atoms with Crippen molar-refractivity contribution in [1.82, 2.24) is 9.97 Å². The highest BCUT2D eigenvalue weighted by Crippen LogP contribution is 2.31. The number of carbonyl (C=O) groups is 1. The minimum atomic E-state index is -0.486. The minimum absolute atomic E-state index is 0.0221. The van der Waals surface area contributed by atoms with E-state index in [2.05, 4.69) is 15.3 Å². The van der Waals surface area contributed by atoms with Crippen LogP contribution in [0.4, 0.5) is 21.7 Å². The second-order valence-corrected chi connectivity index (χ2v) is 4.82. The second-order valence-electron chi connectivity index (χ2n) is 4.41. The average Bonchev–Trinajstić information content (AvgIpc) is 2.72. The molecule has 0 aliphatic carbocycles. The van der Waals surface area contributed by atoms with Crippen molar-refractivity contribution in [3.63, 3.8) is 0 Å². The summed E-state index contributed by atoms with van der Waals surface area (Å²) in [5, 5.41) is 3.05. The maximum Gasteiger partial charge on any atom is 0.232 e. The normalized spacial score (nSPS) is 13.6. The van der Waals surface area contributed by atoms with Crippen molar-refractivity contribution in [2.45, 2.75) is 6.42 Å². The highest BCUT2D eigenvalue weighted by molar-refractivity contribution is 6.31. The number of amides is 1. The number of rotatable bonds is 2. The zero-order valence-electron chi connectivity index (χ0n) is 10.5. The maximum absolute atomic E-state index is 13.1. The Kier molecular flexibility index (Phi) is 3.02. The van der Waals surface area contributed by atoms with Crippen LogP contribution in [0.2, 0.25) is 5.02 Å². The molecule has 5 nitrogen and oxygen atoms in total. The molecule has 0 saturated heterocycles. The Morgan fingerprint density at radius 2 is 2.20 bits per heavy atom. The number of nitrogens with zero attached hydrogens (tertiary/aromatic N) is 3. The molecule has 0 spiro atoms. The monoisotopic (exact) mass is 292 g/mol. The number of fused-ring (bicyclic) bond motifs is 1. The van der Waals surface area contributed by atoms with E-state index in [1.54, 1.807) is 13.1 Å². The number of hydrogen-bond acceptors (Lipinski definition) is 4. The molecule has 0 fully saturated rings. The van der Waals surface area contributed by atoms with Gasteiger partial charge in [-0.25, -0.2) is 14.4 Å². The number of carbonyl (C=O) groups excluding carboxylic acids is 1. The number of benzene rings is 1. The van der Waals surface area contributed by atoms with Gasteiger partial charge in [-0.2, -0.15) is 0 Å². The summed E-state index contributed by atoms with van der Waals surface area (Å²) in [6.07, 6.45) is 1.62. The van der Waals surface area contributed by atoms with Gasteiger partial charge in [-0.1, -0.05) is 11.6 Å². The van der Waals surface area contributed by atoms with E-state index in [0.29, 0.717) is 17.3 Å². The van der Waals surface area contributed by atoms with Crippen molar-refractivity contribution in [2.75, 3.05) is 17.3 Å². The Morgan fingerprint density at radius 3 is 2.95 bits per heavy atom. The predicted octanol–water partition coefficient (Wildman–Crippen LogP) is 2.53.